The average molecular weight is 376 g/mol. The molecule has 0 atom stereocenters. The summed E-state index contributed by atoms with van der Waals surface area (Å²) < 4.78 is 18.7. The fourth-order valence-corrected chi connectivity index (χ4v) is 3.63. The maximum atomic E-state index is 13.4. The molecule has 7 heteroatoms. The van der Waals surface area contributed by atoms with Crippen molar-refractivity contribution in [2.75, 3.05) is 26.2 Å². The van der Waals surface area contributed by atoms with Crippen LogP contribution in [0.4, 0.5) is 4.39 Å². The van der Waals surface area contributed by atoms with Gasteiger partial charge in [-0.05, 0) is 36.4 Å². The van der Waals surface area contributed by atoms with Gasteiger partial charge in [-0.15, -0.1) is 11.3 Å². The van der Waals surface area contributed by atoms with Crippen molar-refractivity contribution in [3.8, 4) is 5.75 Å². The quantitative estimate of drug-likeness (QED) is 0.789. The van der Waals surface area contributed by atoms with E-state index in [0.29, 0.717) is 32.5 Å². The second-order valence-corrected chi connectivity index (χ2v) is 7.06. The predicted octanol–water partition coefficient (Wildman–Crippen LogP) is 2.93. The third-order valence-electron chi connectivity index (χ3n) is 4.38. The molecule has 1 N–H and O–H groups in total. The Morgan fingerprint density at radius 1 is 1.19 bits per heavy atom. The molecule has 1 saturated heterocycles. The van der Waals surface area contributed by atoms with Gasteiger partial charge in [0.05, 0.1) is 11.4 Å². The minimum absolute atomic E-state index is 0.0367. The molecule has 0 radical (unpaired) electrons. The van der Waals surface area contributed by atoms with Crippen LogP contribution >= 0.6 is 11.3 Å². The number of carbonyl (C=O) groups excluding carboxylic acids is 2. The summed E-state index contributed by atoms with van der Waals surface area (Å²) in [4.78, 5) is 27.1. The number of nitrogens with zero attached hydrogens (tertiary/aromatic N) is 1. The second-order valence-electron chi connectivity index (χ2n) is 6.11. The van der Waals surface area contributed by atoms with Crippen LogP contribution in [0.1, 0.15) is 22.5 Å². The molecule has 3 rings (SSSR count). The van der Waals surface area contributed by atoms with E-state index in [2.05, 4.69) is 5.32 Å². The van der Waals surface area contributed by atoms with Crippen LogP contribution in [0.2, 0.25) is 0 Å². The number of rotatable bonds is 6. The van der Waals surface area contributed by atoms with Gasteiger partial charge >= 0.3 is 0 Å². The lowest BCUT2D eigenvalue weighted by Crippen LogP contribution is -2.43. The van der Waals surface area contributed by atoms with Gasteiger partial charge in [0.25, 0.3) is 5.91 Å². The highest BCUT2D eigenvalue weighted by Crippen LogP contribution is 2.21. The molecule has 5 nitrogen and oxygen atoms in total. The van der Waals surface area contributed by atoms with Crippen LogP contribution in [0, 0.1) is 11.7 Å². The molecule has 1 aliphatic heterocycles. The molecule has 2 amide bonds. The SMILES string of the molecule is O=C(NCCOc1ccccc1F)C1CCN(C(=O)c2cccs2)CC1. The van der Waals surface area contributed by atoms with Crippen LogP contribution < -0.4 is 10.1 Å². The number of hydrogen-bond acceptors (Lipinski definition) is 4. The Kier molecular flexibility index (Phi) is 6.22. The molecule has 0 unspecified atom stereocenters. The minimum atomic E-state index is -0.415. The number of carbonyl (C=O) groups is 2. The van der Waals surface area contributed by atoms with Gasteiger partial charge in [0, 0.05) is 19.0 Å². The van der Waals surface area contributed by atoms with Crippen molar-refractivity contribution >= 4 is 23.2 Å². The highest BCUT2D eigenvalue weighted by Gasteiger charge is 2.27. The van der Waals surface area contributed by atoms with Crippen molar-refractivity contribution in [3.05, 3.63) is 52.5 Å². The van der Waals surface area contributed by atoms with E-state index in [9.17, 15) is 14.0 Å². The molecule has 1 aliphatic rings. The zero-order valence-corrected chi connectivity index (χ0v) is 15.1. The van der Waals surface area contributed by atoms with Gasteiger partial charge in [-0.25, -0.2) is 4.39 Å². The smallest absolute Gasteiger partial charge is 0.263 e. The van der Waals surface area contributed by atoms with Gasteiger partial charge in [0.15, 0.2) is 11.6 Å². The first kappa shape index (κ1) is 18.4. The number of likely N-dealkylation sites (tertiary alicyclic amines) is 1. The van der Waals surface area contributed by atoms with Gasteiger partial charge in [0.2, 0.25) is 5.91 Å². The zero-order chi connectivity index (χ0) is 18.4. The number of hydrogen-bond donors (Lipinski definition) is 1. The number of piperidine rings is 1. The Morgan fingerprint density at radius 3 is 2.65 bits per heavy atom. The molecule has 1 fully saturated rings. The van der Waals surface area contributed by atoms with Crippen molar-refractivity contribution in [1.29, 1.82) is 0 Å². The number of para-hydroxylation sites is 1. The lowest BCUT2D eigenvalue weighted by Gasteiger charge is -2.31. The van der Waals surface area contributed by atoms with Crippen molar-refractivity contribution in [2.24, 2.45) is 5.92 Å². The molecule has 0 spiro atoms. The van der Waals surface area contributed by atoms with Crippen LogP contribution in [-0.2, 0) is 4.79 Å². The molecule has 26 heavy (non-hydrogen) atoms. The molecular formula is C19H21FN2O3S. The van der Waals surface area contributed by atoms with Crippen molar-refractivity contribution in [2.45, 2.75) is 12.8 Å². The Hall–Kier alpha value is -2.41. The number of halogens is 1. The third kappa shape index (κ3) is 4.60. The summed E-state index contributed by atoms with van der Waals surface area (Å²) in [6, 6.07) is 9.86. The first-order chi connectivity index (χ1) is 12.6. The topological polar surface area (TPSA) is 58.6 Å². The Balaban J connectivity index is 1.37. The molecule has 0 bridgehead atoms. The Labute approximate surface area is 155 Å². The molecular weight excluding hydrogens is 355 g/mol. The van der Waals surface area contributed by atoms with Gasteiger partial charge in [0.1, 0.15) is 6.61 Å². The number of thiophene rings is 1. The van der Waals surface area contributed by atoms with E-state index < -0.39 is 5.82 Å². The van der Waals surface area contributed by atoms with E-state index in [-0.39, 0.29) is 30.1 Å². The van der Waals surface area contributed by atoms with Crippen LogP contribution in [0.3, 0.4) is 0 Å². The van der Waals surface area contributed by atoms with E-state index in [1.54, 1.807) is 23.1 Å². The van der Waals surface area contributed by atoms with Crippen molar-refractivity contribution < 1.29 is 18.7 Å². The Morgan fingerprint density at radius 2 is 1.96 bits per heavy atom. The van der Waals surface area contributed by atoms with E-state index in [1.807, 2.05) is 17.5 Å². The van der Waals surface area contributed by atoms with Crippen LogP contribution in [0.25, 0.3) is 0 Å². The molecule has 2 aromatic rings. The van der Waals surface area contributed by atoms with Gasteiger partial charge < -0.3 is 15.0 Å². The first-order valence-corrected chi connectivity index (χ1v) is 9.51. The summed E-state index contributed by atoms with van der Waals surface area (Å²) in [6.45, 7) is 1.70. The highest BCUT2D eigenvalue weighted by atomic mass is 32.1. The zero-order valence-electron chi connectivity index (χ0n) is 14.3. The number of ether oxygens (including phenoxy) is 1. The maximum absolute atomic E-state index is 13.4. The first-order valence-electron chi connectivity index (χ1n) is 8.63. The summed E-state index contributed by atoms with van der Waals surface area (Å²) in [5.41, 5.74) is 0. The normalized spacial score (nSPS) is 14.9. The van der Waals surface area contributed by atoms with E-state index >= 15 is 0 Å². The van der Waals surface area contributed by atoms with E-state index in [0.717, 1.165) is 4.88 Å². The van der Waals surface area contributed by atoms with Crippen LogP contribution in [0.15, 0.2) is 41.8 Å². The summed E-state index contributed by atoms with van der Waals surface area (Å²) in [6.07, 6.45) is 1.30. The standard InChI is InChI=1S/C19H21FN2O3S/c20-15-4-1-2-5-16(15)25-12-9-21-18(23)14-7-10-22(11-8-14)19(24)17-6-3-13-26-17/h1-6,13-14H,7-12H2,(H,21,23). The molecule has 138 valence electrons. The summed E-state index contributed by atoms with van der Waals surface area (Å²) in [5, 5.41) is 4.71. The van der Waals surface area contributed by atoms with Gasteiger partial charge in [-0.1, -0.05) is 18.2 Å². The van der Waals surface area contributed by atoms with Crippen molar-refractivity contribution in [1.82, 2.24) is 10.2 Å². The highest BCUT2D eigenvalue weighted by molar-refractivity contribution is 7.12. The minimum Gasteiger partial charge on any atom is -0.489 e. The van der Waals surface area contributed by atoms with E-state index in [4.69, 9.17) is 4.74 Å². The molecule has 0 aliphatic carbocycles. The Bertz CT molecular complexity index is 743. The molecule has 2 heterocycles. The largest absolute Gasteiger partial charge is 0.489 e. The summed E-state index contributed by atoms with van der Waals surface area (Å²) >= 11 is 1.43. The number of amides is 2. The fourth-order valence-electron chi connectivity index (χ4n) is 2.94. The number of benzene rings is 1. The van der Waals surface area contributed by atoms with Gasteiger partial charge in [-0.3, -0.25) is 9.59 Å². The second kappa shape index (κ2) is 8.80. The predicted molar refractivity (Wildman–Crippen MR) is 97.9 cm³/mol. The van der Waals surface area contributed by atoms with Crippen LogP contribution in [0.5, 0.6) is 5.75 Å². The average Bonchev–Trinajstić information content (AvgIpc) is 3.20. The van der Waals surface area contributed by atoms with Crippen molar-refractivity contribution in [3.63, 3.8) is 0 Å². The monoisotopic (exact) mass is 376 g/mol. The fraction of sp³-hybridized carbons (Fsp3) is 0.368. The summed E-state index contributed by atoms with van der Waals surface area (Å²) in [5.74, 6) is -0.331. The lowest BCUT2D eigenvalue weighted by molar-refractivity contribution is -0.126. The van der Waals surface area contributed by atoms with E-state index in [1.165, 1.54) is 17.4 Å². The lowest BCUT2D eigenvalue weighted by atomic mass is 9.96. The summed E-state index contributed by atoms with van der Waals surface area (Å²) in [7, 11) is 0. The molecule has 1 aromatic heterocycles. The van der Waals surface area contributed by atoms with Crippen LogP contribution in [-0.4, -0.2) is 43.0 Å². The number of nitrogens with one attached hydrogen (secondary N) is 1. The maximum Gasteiger partial charge on any atom is 0.263 e. The molecule has 1 aromatic carbocycles. The van der Waals surface area contributed by atoms with Gasteiger partial charge in [-0.2, -0.15) is 0 Å². The molecule has 0 saturated carbocycles. The third-order valence-corrected chi connectivity index (χ3v) is 5.24.